The molecule has 0 saturated carbocycles. The van der Waals surface area contributed by atoms with Gasteiger partial charge in [0.25, 0.3) is 0 Å². The molecule has 134 valence electrons. The summed E-state index contributed by atoms with van der Waals surface area (Å²) in [5.74, 6) is -0.152. The van der Waals surface area contributed by atoms with Gasteiger partial charge in [0.2, 0.25) is 5.91 Å². The molecule has 1 aromatic heterocycles. The highest BCUT2D eigenvalue weighted by atomic mass is 16.5. The lowest BCUT2D eigenvalue weighted by Crippen LogP contribution is -2.29. The fourth-order valence-electron chi connectivity index (χ4n) is 2.06. The quantitative estimate of drug-likeness (QED) is 0.618. The number of nitrogens with one attached hydrogen (secondary N) is 2. The first-order chi connectivity index (χ1) is 12.2. The van der Waals surface area contributed by atoms with Crippen molar-refractivity contribution in [3.63, 3.8) is 0 Å². The van der Waals surface area contributed by atoms with E-state index in [2.05, 4.69) is 26.0 Å². The van der Waals surface area contributed by atoms with Crippen LogP contribution in [-0.2, 0) is 22.7 Å². The van der Waals surface area contributed by atoms with Crippen LogP contribution < -0.4 is 10.6 Å². The largest absolute Gasteiger partial charge is 0.445 e. The van der Waals surface area contributed by atoms with Crippen LogP contribution >= 0.6 is 0 Å². The minimum atomic E-state index is -0.419. The molecule has 0 atom stereocenters. The van der Waals surface area contributed by atoms with Gasteiger partial charge in [0, 0.05) is 13.1 Å². The molecule has 9 heteroatoms. The van der Waals surface area contributed by atoms with Gasteiger partial charge in [-0.15, -0.1) is 10.2 Å². The number of hydrogen-bond acceptors (Lipinski definition) is 6. The number of unbranched alkanes of at least 4 members (excludes halogenated alkanes) is 2. The number of hydrogen-bond donors (Lipinski definition) is 2. The Morgan fingerprint density at radius 2 is 1.80 bits per heavy atom. The molecule has 0 saturated heterocycles. The van der Waals surface area contributed by atoms with E-state index in [1.807, 2.05) is 30.3 Å². The molecule has 9 nitrogen and oxygen atoms in total. The number of carbonyl (C=O) groups is 2. The van der Waals surface area contributed by atoms with Gasteiger partial charge >= 0.3 is 6.09 Å². The van der Waals surface area contributed by atoms with Crippen molar-refractivity contribution in [2.24, 2.45) is 0 Å². The van der Waals surface area contributed by atoms with Gasteiger partial charge < -0.3 is 15.4 Å². The molecule has 2 N–H and O–H groups in total. The fourth-order valence-corrected chi connectivity index (χ4v) is 2.06. The highest BCUT2D eigenvalue weighted by Crippen LogP contribution is 2.00. The third kappa shape index (κ3) is 7.91. The van der Waals surface area contributed by atoms with Crippen molar-refractivity contribution in [2.75, 3.05) is 13.1 Å². The first-order valence-corrected chi connectivity index (χ1v) is 8.16. The highest BCUT2D eigenvalue weighted by Gasteiger charge is 2.04. The number of amides is 2. The van der Waals surface area contributed by atoms with E-state index < -0.39 is 6.09 Å². The van der Waals surface area contributed by atoms with Crippen LogP contribution in [0.3, 0.4) is 0 Å². The van der Waals surface area contributed by atoms with E-state index in [4.69, 9.17) is 4.74 Å². The van der Waals surface area contributed by atoms with E-state index in [-0.39, 0.29) is 19.1 Å². The van der Waals surface area contributed by atoms with Crippen molar-refractivity contribution in [3.8, 4) is 0 Å². The van der Waals surface area contributed by atoms with Crippen molar-refractivity contribution in [2.45, 2.75) is 32.4 Å². The molecule has 0 radical (unpaired) electrons. The number of alkyl carbamates (subject to hydrolysis) is 1. The number of nitrogens with zero attached hydrogens (tertiary/aromatic N) is 4. The second kappa shape index (κ2) is 10.7. The number of aromatic nitrogens is 4. The van der Waals surface area contributed by atoms with Crippen molar-refractivity contribution < 1.29 is 14.3 Å². The zero-order valence-electron chi connectivity index (χ0n) is 13.9. The van der Waals surface area contributed by atoms with Gasteiger partial charge in [-0.1, -0.05) is 30.3 Å². The van der Waals surface area contributed by atoms with Crippen LogP contribution in [-0.4, -0.2) is 45.3 Å². The third-order valence-corrected chi connectivity index (χ3v) is 3.33. The molecule has 0 aliphatic heterocycles. The zero-order valence-corrected chi connectivity index (χ0v) is 13.9. The second-order valence-corrected chi connectivity index (χ2v) is 5.37. The van der Waals surface area contributed by atoms with E-state index >= 15 is 0 Å². The second-order valence-electron chi connectivity index (χ2n) is 5.37. The normalized spacial score (nSPS) is 10.2. The Bertz CT molecular complexity index is 633. The molecular formula is C16H22N6O3. The van der Waals surface area contributed by atoms with Crippen LogP contribution in [0.15, 0.2) is 36.7 Å². The number of carbonyl (C=O) groups excluding carboxylic acids is 2. The van der Waals surface area contributed by atoms with Crippen LogP contribution in [0.1, 0.15) is 24.8 Å². The number of tetrazole rings is 1. The molecule has 0 aliphatic carbocycles. The number of rotatable bonds is 10. The molecule has 2 amide bonds. The molecular weight excluding hydrogens is 324 g/mol. The first-order valence-electron chi connectivity index (χ1n) is 8.16. The van der Waals surface area contributed by atoms with Gasteiger partial charge in [0.05, 0.1) is 0 Å². The van der Waals surface area contributed by atoms with Gasteiger partial charge in [-0.3, -0.25) is 4.79 Å². The molecule has 0 fully saturated rings. The standard InChI is InChI=1S/C16H22N6O3/c23-15(11-22-20-13-19-21-22)17-9-5-2-6-10-18-16(24)25-12-14-7-3-1-4-8-14/h1,3-4,7-8,13H,2,5-6,9-12H2,(H,17,23)(H,18,24). The Morgan fingerprint density at radius 3 is 2.52 bits per heavy atom. The molecule has 2 aromatic rings. The van der Waals surface area contributed by atoms with E-state index in [9.17, 15) is 9.59 Å². The predicted molar refractivity (Wildman–Crippen MR) is 89.3 cm³/mol. The third-order valence-electron chi connectivity index (χ3n) is 3.33. The summed E-state index contributed by atoms with van der Waals surface area (Å²) in [4.78, 5) is 24.3. The van der Waals surface area contributed by atoms with Gasteiger partial charge in [-0.25, -0.2) is 4.79 Å². The van der Waals surface area contributed by atoms with E-state index in [0.717, 1.165) is 24.8 Å². The van der Waals surface area contributed by atoms with Gasteiger partial charge in [-0.05, 0) is 30.0 Å². The van der Waals surface area contributed by atoms with Gasteiger partial charge in [-0.2, -0.15) is 4.80 Å². The first kappa shape index (κ1) is 18.4. The maximum Gasteiger partial charge on any atom is 0.407 e. The molecule has 1 heterocycles. The van der Waals surface area contributed by atoms with Gasteiger partial charge in [0.15, 0.2) is 6.33 Å². The summed E-state index contributed by atoms with van der Waals surface area (Å²) in [6.45, 7) is 1.45. The predicted octanol–water partition coefficient (Wildman–Crippen LogP) is 0.886. The van der Waals surface area contributed by atoms with Crippen LogP contribution in [0.4, 0.5) is 4.79 Å². The maximum atomic E-state index is 11.6. The van der Waals surface area contributed by atoms with Crippen molar-refractivity contribution >= 4 is 12.0 Å². The van der Waals surface area contributed by atoms with Gasteiger partial charge in [0.1, 0.15) is 13.2 Å². The minimum Gasteiger partial charge on any atom is -0.445 e. The molecule has 2 rings (SSSR count). The summed E-state index contributed by atoms with van der Waals surface area (Å²) >= 11 is 0. The van der Waals surface area contributed by atoms with Crippen LogP contribution in [0.2, 0.25) is 0 Å². The topological polar surface area (TPSA) is 111 Å². The summed E-state index contributed by atoms with van der Waals surface area (Å²) in [7, 11) is 0. The van der Waals surface area contributed by atoms with E-state index in [1.54, 1.807) is 0 Å². The summed E-state index contributed by atoms with van der Waals surface area (Å²) in [6.07, 6.45) is 3.40. The molecule has 0 aliphatic rings. The molecule has 0 bridgehead atoms. The maximum absolute atomic E-state index is 11.6. The van der Waals surface area contributed by atoms with Crippen molar-refractivity contribution in [1.29, 1.82) is 0 Å². The van der Waals surface area contributed by atoms with E-state index in [1.165, 1.54) is 11.1 Å². The Kier molecular flexibility index (Phi) is 7.89. The Labute approximate surface area is 145 Å². The van der Waals surface area contributed by atoms with Crippen LogP contribution in [0.5, 0.6) is 0 Å². The molecule has 1 aromatic carbocycles. The number of benzene rings is 1. The molecule has 0 unspecified atom stereocenters. The highest BCUT2D eigenvalue weighted by molar-refractivity contribution is 5.75. The average molecular weight is 346 g/mol. The Morgan fingerprint density at radius 1 is 1.04 bits per heavy atom. The lowest BCUT2D eigenvalue weighted by Gasteiger charge is -2.07. The van der Waals surface area contributed by atoms with Crippen molar-refractivity contribution in [1.82, 2.24) is 30.8 Å². The summed E-state index contributed by atoms with van der Waals surface area (Å²) in [5, 5.41) is 16.4. The Hall–Kier alpha value is -2.97. The smallest absolute Gasteiger partial charge is 0.407 e. The van der Waals surface area contributed by atoms with Crippen LogP contribution in [0.25, 0.3) is 0 Å². The zero-order chi connectivity index (χ0) is 17.7. The van der Waals surface area contributed by atoms with Crippen molar-refractivity contribution in [3.05, 3.63) is 42.2 Å². The summed E-state index contributed by atoms with van der Waals surface area (Å²) in [6, 6.07) is 9.52. The number of ether oxygens (including phenoxy) is 1. The average Bonchev–Trinajstić information content (AvgIpc) is 3.13. The lowest BCUT2D eigenvalue weighted by molar-refractivity contribution is -0.122. The molecule has 0 spiro atoms. The monoisotopic (exact) mass is 346 g/mol. The Balaban J connectivity index is 1.42. The summed E-state index contributed by atoms with van der Waals surface area (Å²) < 4.78 is 5.11. The fraction of sp³-hybridized carbons (Fsp3) is 0.438. The van der Waals surface area contributed by atoms with Crippen LogP contribution in [0, 0.1) is 0 Å². The lowest BCUT2D eigenvalue weighted by atomic mass is 10.2. The van der Waals surface area contributed by atoms with E-state index in [0.29, 0.717) is 13.1 Å². The molecule has 25 heavy (non-hydrogen) atoms. The summed E-state index contributed by atoms with van der Waals surface area (Å²) in [5.41, 5.74) is 0.953. The minimum absolute atomic E-state index is 0.0643. The SMILES string of the molecule is O=C(Cn1ncnn1)NCCCCCNC(=O)OCc1ccccc1.